The van der Waals surface area contributed by atoms with Crippen molar-refractivity contribution in [2.75, 3.05) is 13.6 Å². The minimum Gasteiger partial charge on any atom is -0.309 e. The predicted octanol–water partition coefficient (Wildman–Crippen LogP) is 2.42. The van der Waals surface area contributed by atoms with Crippen LogP contribution >= 0.6 is 0 Å². The fraction of sp³-hybridized carbons (Fsp3) is 0.273. The van der Waals surface area contributed by atoms with Crippen LogP contribution in [0.25, 0.3) is 0 Å². The smallest absolute Gasteiger partial charge is 0.309 e. The van der Waals surface area contributed by atoms with E-state index in [0.29, 0.717) is 6.07 Å². The topological polar surface area (TPSA) is 12.0 Å². The van der Waals surface area contributed by atoms with Gasteiger partial charge in [-0.3, -0.25) is 0 Å². The number of benzene rings is 1. The lowest BCUT2D eigenvalue weighted by molar-refractivity contribution is -0.140. The molecule has 0 aliphatic rings. The largest absolute Gasteiger partial charge is 0.419 e. The van der Waals surface area contributed by atoms with Crippen molar-refractivity contribution >= 4 is 0 Å². The van der Waals surface area contributed by atoms with Crippen LogP contribution in [-0.4, -0.2) is 13.6 Å². The average molecular weight is 231 g/mol. The zero-order valence-electron chi connectivity index (χ0n) is 8.45. The fourth-order valence-electron chi connectivity index (χ4n) is 1.08. The molecule has 1 aromatic rings. The van der Waals surface area contributed by atoms with Crippen molar-refractivity contribution in [2.45, 2.75) is 6.18 Å². The van der Waals surface area contributed by atoms with Gasteiger partial charge in [0, 0.05) is 0 Å². The van der Waals surface area contributed by atoms with Gasteiger partial charge in [-0.2, -0.15) is 13.2 Å². The van der Waals surface area contributed by atoms with Gasteiger partial charge in [-0.25, -0.2) is 4.39 Å². The van der Waals surface area contributed by atoms with Crippen molar-refractivity contribution in [1.82, 2.24) is 5.32 Å². The summed E-state index contributed by atoms with van der Waals surface area (Å²) in [7, 11) is 1.64. The van der Waals surface area contributed by atoms with Gasteiger partial charge in [0.25, 0.3) is 0 Å². The Labute approximate surface area is 90.5 Å². The molecule has 0 fully saturated rings. The lowest BCUT2D eigenvalue weighted by Crippen LogP contribution is -2.09. The Morgan fingerprint density at radius 3 is 2.56 bits per heavy atom. The molecule has 5 heteroatoms. The molecule has 0 heterocycles. The molecule has 1 N–H and O–H groups in total. The molecule has 86 valence electrons. The second kappa shape index (κ2) is 4.99. The summed E-state index contributed by atoms with van der Waals surface area (Å²) in [6, 6.07) is 3.04. The molecule has 1 rings (SSSR count). The number of hydrogen-bond donors (Lipinski definition) is 1. The Morgan fingerprint density at radius 1 is 1.31 bits per heavy atom. The molecule has 0 aliphatic heterocycles. The predicted molar refractivity (Wildman–Crippen MR) is 52.2 cm³/mol. The Kier molecular flexibility index (Phi) is 3.91. The lowest BCUT2D eigenvalue weighted by atomic mass is 10.1. The molecular formula is C11H9F4N. The second-order valence-corrected chi connectivity index (χ2v) is 3.00. The lowest BCUT2D eigenvalue weighted by Gasteiger charge is -2.08. The summed E-state index contributed by atoms with van der Waals surface area (Å²) in [5.41, 5.74) is -1.53. The highest BCUT2D eigenvalue weighted by atomic mass is 19.4. The summed E-state index contributed by atoms with van der Waals surface area (Å²) in [5, 5.41) is 2.68. The van der Waals surface area contributed by atoms with Crippen molar-refractivity contribution in [3.63, 3.8) is 0 Å². The molecule has 0 saturated heterocycles. The Bertz CT molecular complexity index is 426. The van der Waals surface area contributed by atoms with Crippen molar-refractivity contribution in [3.8, 4) is 11.8 Å². The molecule has 16 heavy (non-hydrogen) atoms. The number of alkyl halides is 3. The number of nitrogens with one attached hydrogen (secondary N) is 1. The van der Waals surface area contributed by atoms with Crippen molar-refractivity contribution in [3.05, 3.63) is 35.1 Å². The molecule has 0 aliphatic carbocycles. The first-order chi connectivity index (χ1) is 7.46. The SMILES string of the molecule is CNCC#Cc1cccc(C(F)(F)F)c1F. The van der Waals surface area contributed by atoms with Crippen molar-refractivity contribution in [1.29, 1.82) is 0 Å². The first-order valence-corrected chi connectivity index (χ1v) is 4.46. The van der Waals surface area contributed by atoms with E-state index in [1.807, 2.05) is 0 Å². The molecule has 0 bridgehead atoms. The highest BCUT2D eigenvalue weighted by Crippen LogP contribution is 2.32. The van der Waals surface area contributed by atoms with Crippen LogP contribution in [0.15, 0.2) is 18.2 Å². The highest BCUT2D eigenvalue weighted by Gasteiger charge is 2.34. The van der Waals surface area contributed by atoms with Gasteiger partial charge in [0.1, 0.15) is 0 Å². The quantitative estimate of drug-likeness (QED) is 0.578. The van der Waals surface area contributed by atoms with E-state index < -0.39 is 17.6 Å². The molecule has 0 saturated carbocycles. The summed E-state index contributed by atoms with van der Waals surface area (Å²) in [4.78, 5) is 0. The van der Waals surface area contributed by atoms with E-state index in [2.05, 4.69) is 17.2 Å². The molecule has 1 nitrogen and oxygen atoms in total. The number of halogens is 4. The van der Waals surface area contributed by atoms with E-state index in [9.17, 15) is 17.6 Å². The van der Waals surface area contributed by atoms with Gasteiger partial charge in [-0.05, 0) is 19.2 Å². The third kappa shape index (κ3) is 2.97. The zero-order valence-corrected chi connectivity index (χ0v) is 8.45. The Morgan fingerprint density at radius 2 is 2.00 bits per heavy atom. The Hall–Kier alpha value is -1.54. The van der Waals surface area contributed by atoms with Crippen LogP contribution in [-0.2, 0) is 6.18 Å². The number of rotatable bonds is 1. The maximum atomic E-state index is 13.4. The van der Waals surface area contributed by atoms with Crippen LogP contribution in [0.1, 0.15) is 11.1 Å². The van der Waals surface area contributed by atoms with Crippen LogP contribution in [0, 0.1) is 17.7 Å². The van der Waals surface area contributed by atoms with Gasteiger partial charge in [-0.1, -0.05) is 17.9 Å². The maximum Gasteiger partial charge on any atom is 0.419 e. The van der Waals surface area contributed by atoms with E-state index in [0.717, 1.165) is 6.07 Å². The van der Waals surface area contributed by atoms with Gasteiger partial charge in [0.15, 0.2) is 5.82 Å². The number of hydrogen-bond acceptors (Lipinski definition) is 1. The average Bonchev–Trinajstić information content (AvgIpc) is 2.19. The summed E-state index contributed by atoms with van der Waals surface area (Å²) < 4.78 is 50.3. The minimum absolute atomic E-state index is 0.245. The zero-order chi connectivity index (χ0) is 12.2. The van der Waals surface area contributed by atoms with E-state index in [1.165, 1.54) is 6.07 Å². The van der Waals surface area contributed by atoms with E-state index in [4.69, 9.17) is 0 Å². The maximum absolute atomic E-state index is 13.4. The molecule has 0 unspecified atom stereocenters. The summed E-state index contributed by atoms with van der Waals surface area (Å²) in [5.74, 6) is 3.52. The molecule has 0 radical (unpaired) electrons. The summed E-state index contributed by atoms with van der Waals surface area (Å²) in [6.45, 7) is 0.287. The van der Waals surface area contributed by atoms with Gasteiger partial charge >= 0.3 is 6.18 Å². The molecule has 0 atom stereocenters. The van der Waals surface area contributed by atoms with Gasteiger partial charge < -0.3 is 5.32 Å². The van der Waals surface area contributed by atoms with Crippen molar-refractivity contribution < 1.29 is 17.6 Å². The van der Waals surface area contributed by atoms with Crippen LogP contribution in [0.2, 0.25) is 0 Å². The highest BCUT2D eigenvalue weighted by molar-refractivity contribution is 5.40. The van der Waals surface area contributed by atoms with Crippen LogP contribution in [0.5, 0.6) is 0 Å². The van der Waals surface area contributed by atoms with Gasteiger partial charge in [-0.15, -0.1) is 0 Å². The van der Waals surface area contributed by atoms with E-state index in [-0.39, 0.29) is 12.1 Å². The first kappa shape index (κ1) is 12.5. The van der Waals surface area contributed by atoms with E-state index >= 15 is 0 Å². The van der Waals surface area contributed by atoms with E-state index in [1.54, 1.807) is 7.05 Å². The van der Waals surface area contributed by atoms with Crippen LogP contribution in [0.3, 0.4) is 0 Å². The molecule has 1 aromatic carbocycles. The third-order valence-electron chi connectivity index (χ3n) is 1.79. The second-order valence-electron chi connectivity index (χ2n) is 3.00. The minimum atomic E-state index is -4.69. The molecular weight excluding hydrogens is 222 g/mol. The summed E-state index contributed by atoms with van der Waals surface area (Å²) in [6.07, 6.45) is -4.69. The standard InChI is InChI=1S/C11H9F4N/c1-16-7-3-5-8-4-2-6-9(10(8)12)11(13,14)15/h2,4,6,16H,7H2,1H3. The molecule has 0 amide bonds. The Balaban J connectivity index is 3.11. The molecule has 0 spiro atoms. The molecule has 0 aromatic heterocycles. The van der Waals surface area contributed by atoms with Gasteiger partial charge in [0.2, 0.25) is 0 Å². The first-order valence-electron chi connectivity index (χ1n) is 4.46. The monoisotopic (exact) mass is 231 g/mol. The third-order valence-corrected chi connectivity index (χ3v) is 1.79. The van der Waals surface area contributed by atoms with Gasteiger partial charge in [0.05, 0.1) is 17.7 Å². The fourth-order valence-corrected chi connectivity index (χ4v) is 1.08. The summed E-state index contributed by atoms with van der Waals surface area (Å²) >= 11 is 0. The van der Waals surface area contributed by atoms with Crippen molar-refractivity contribution in [2.24, 2.45) is 0 Å². The van der Waals surface area contributed by atoms with Crippen LogP contribution < -0.4 is 5.32 Å². The van der Waals surface area contributed by atoms with Crippen LogP contribution in [0.4, 0.5) is 17.6 Å². The normalized spacial score (nSPS) is 10.8.